The molecule has 1 heterocycles. The van der Waals surface area contributed by atoms with Gasteiger partial charge in [0.25, 0.3) is 0 Å². The van der Waals surface area contributed by atoms with Gasteiger partial charge in [-0.25, -0.2) is 0 Å². The fourth-order valence-electron chi connectivity index (χ4n) is 2.32. The van der Waals surface area contributed by atoms with E-state index < -0.39 is 4.92 Å². The van der Waals surface area contributed by atoms with Crippen LogP contribution in [0, 0.1) is 10.1 Å². The molecule has 6 heteroatoms. The van der Waals surface area contributed by atoms with Gasteiger partial charge in [-0.15, -0.1) is 0 Å². The second-order valence-corrected chi connectivity index (χ2v) is 4.65. The third-order valence-electron chi connectivity index (χ3n) is 3.34. The van der Waals surface area contributed by atoms with Crippen molar-refractivity contribution in [2.45, 2.75) is 33.2 Å². The van der Waals surface area contributed by atoms with E-state index in [4.69, 9.17) is 0 Å². The van der Waals surface area contributed by atoms with Crippen LogP contribution in [0.25, 0.3) is 0 Å². The predicted molar refractivity (Wildman–Crippen MR) is 78.4 cm³/mol. The Morgan fingerprint density at radius 3 is 2.43 bits per heavy atom. The molecule has 0 saturated heterocycles. The number of carbonyl (C=O) groups excluding carboxylic acids is 1. The zero-order valence-electron chi connectivity index (χ0n) is 12.1. The summed E-state index contributed by atoms with van der Waals surface area (Å²) in [5, 5.41) is 15.4. The van der Waals surface area contributed by atoms with Crippen LogP contribution in [0.4, 0.5) is 5.69 Å². The Balaban J connectivity index is 2.36. The fraction of sp³-hybridized carbons (Fsp3) is 0.333. The minimum absolute atomic E-state index is 0.0219. The molecule has 0 aliphatic rings. The van der Waals surface area contributed by atoms with Crippen LogP contribution in [0.5, 0.6) is 0 Å². The lowest BCUT2D eigenvalue weighted by Gasteiger charge is -2.04. The minimum Gasteiger partial charge on any atom is -0.292 e. The molecular weight excluding hydrogens is 270 g/mol. The highest BCUT2D eigenvalue weighted by Gasteiger charge is 2.26. The van der Waals surface area contributed by atoms with Crippen LogP contribution in [-0.2, 0) is 19.4 Å². The van der Waals surface area contributed by atoms with E-state index >= 15 is 0 Å². The van der Waals surface area contributed by atoms with Crippen LogP contribution < -0.4 is 0 Å². The molecule has 0 unspecified atom stereocenters. The molecule has 0 saturated carbocycles. The highest BCUT2D eigenvalue weighted by molar-refractivity contribution is 5.95. The summed E-state index contributed by atoms with van der Waals surface area (Å²) >= 11 is 0. The quantitative estimate of drug-likeness (QED) is 0.465. The molecule has 0 aliphatic carbocycles. The summed E-state index contributed by atoms with van der Waals surface area (Å²) in [4.78, 5) is 23.0. The lowest BCUT2D eigenvalue weighted by Crippen LogP contribution is -2.14. The van der Waals surface area contributed by atoms with E-state index in [1.54, 1.807) is 24.3 Å². The number of hydrogen-bond donors (Lipinski definition) is 0. The van der Waals surface area contributed by atoms with Crippen molar-refractivity contribution in [2.24, 2.45) is 0 Å². The summed E-state index contributed by atoms with van der Waals surface area (Å²) in [6.45, 7) is 3.67. The average molecular weight is 287 g/mol. The molecule has 2 aromatic rings. The van der Waals surface area contributed by atoms with Crippen molar-refractivity contribution in [3.63, 3.8) is 0 Å². The van der Waals surface area contributed by atoms with Gasteiger partial charge in [0, 0.05) is 5.56 Å². The van der Waals surface area contributed by atoms with Crippen molar-refractivity contribution in [3.8, 4) is 0 Å². The molecule has 0 aliphatic heterocycles. The van der Waals surface area contributed by atoms with Gasteiger partial charge in [0.1, 0.15) is 17.9 Å². The van der Waals surface area contributed by atoms with Gasteiger partial charge in [-0.2, -0.15) is 5.10 Å². The van der Waals surface area contributed by atoms with Gasteiger partial charge in [0.05, 0.1) is 4.92 Å². The number of carbonyl (C=O) groups is 1. The standard InChI is InChI=1S/C15H17N3O3/c1-3-12-15(18(20)21)13(4-2)17(16-12)10-14(19)11-8-6-5-7-9-11/h5-9H,3-4,10H2,1-2H3. The third kappa shape index (κ3) is 2.99. The van der Waals surface area contributed by atoms with E-state index in [1.807, 2.05) is 19.9 Å². The molecule has 6 nitrogen and oxygen atoms in total. The summed E-state index contributed by atoms with van der Waals surface area (Å²) in [5.74, 6) is -0.106. The second kappa shape index (κ2) is 6.30. The number of nitro groups is 1. The molecule has 0 atom stereocenters. The van der Waals surface area contributed by atoms with E-state index in [0.717, 1.165) is 0 Å². The van der Waals surface area contributed by atoms with E-state index in [2.05, 4.69) is 5.10 Å². The molecule has 2 rings (SSSR count). The van der Waals surface area contributed by atoms with Crippen LogP contribution in [-0.4, -0.2) is 20.5 Å². The maximum Gasteiger partial charge on any atom is 0.313 e. The van der Waals surface area contributed by atoms with E-state index in [9.17, 15) is 14.9 Å². The van der Waals surface area contributed by atoms with Gasteiger partial charge >= 0.3 is 5.69 Å². The molecule has 0 amide bonds. The SMILES string of the molecule is CCc1nn(CC(=O)c2ccccc2)c(CC)c1[N+](=O)[O-]. The Hall–Kier alpha value is -2.50. The van der Waals surface area contributed by atoms with E-state index in [0.29, 0.717) is 29.8 Å². The molecule has 0 N–H and O–H groups in total. The Labute approximate surface area is 122 Å². The molecule has 0 fully saturated rings. The highest BCUT2D eigenvalue weighted by Crippen LogP contribution is 2.25. The summed E-state index contributed by atoms with van der Waals surface area (Å²) in [5.41, 5.74) is 1.55. The molecule has 21 heavy (non-hydrogen) atoms. The lowest BCUT2D eigenvalue weighted by molar-refractivity contribution is -0.386. The smallest absolute Gasteiger partial charge is 0.292 e. The summed E-state index contributed by atoms with van der Waals surface area (Å²) in [6, 6.07) is 8.87. The van der Waals surface area contributed by atoms with Crippen LogP contribution in [0.2, 0.25) is 0 Å². The predicted octanol–water partition coefficient (Wildman–Crippen LogP) is 2.80. The number of ketones is 1. The van der Waals surface area contributed by atoms with Crippen LogP contribution in [0.15, 0.2) is 30.3 Å². The first-order chi connectivity index (χ1) is 10.1. The van der Waals surface area contributed by atoms with Crippen molar-refractivity contribution < 1.29 is 9.72 Å². The van der Waals surface area contributed by atoms with Gasteiger partial charge in [-0.05, 0) is 12.8 Å². The summed E-state index contributed by atoms with van der Waals surface area (Å²) < 4.78 is 1.46. The first-order valence-corrected chi connectivity index (χ1v) is 6.89. The maximum absolute atomic E-state index is 12.2. The van der Waals surface area contributed by atoms with Gasteiger partial charge in [-0.3, -0.25) is 19.6 Å². The topological polar surface area (TPSA) is 78.0 Å². The Morgan fingerprint density at radius 2 is 1.90 bits per heavy atom. The fourth-order valence-corrected chi connectivity index (χ4v) is 2.32. The zero-order valence-corrected chi connectivity index (χ0v) is 12.1. The van der Waals surface area contributed by atoms with Crippen LogP contribution in [0.3, 0.4) is 0 Å². The lowest BCUT2D eigenvalue weighted by atomic mass is 10.1. The van der Waals surface area contributed by atoms with Crippen molar-refractivity contribution in [1.82, 2.24) is 9.78 Å². The molecule has 0 spiro atoms. The van der Waals surface area contributed by atoms with Gasteiger partial charge in [0.15, 0.2) is 5.78 Å². The molecule has 110 valence electrons. The number of hydrogen-bond acceptors (Lipinski definition) is 4. The summed E-state index contributed by atoms with van der Waals surface area (Å²) in [7, 11) is 0. The number of Topliss-reactive ketones (excluding diaryl/α,β-unsaturated/α-hetero) is 1. The van der Waals surface area contributed by atoms with Gasteiger partial charge < -0.3 is 0 Å². The average Bonchev–Trinajstić information content (AvgIpc) is 2.85. The first-order valence-electron chi connectivity index (χ1n) is 6.89. The molecule has 0 bridgehead atoms. The van der Waals surface area contributed by atoms with Crippen LogP contribution in [0.1, 0.15) is 35.6 Å². The number of rotatable bonds is 6. The molecule has 0 radical (unpaired) electrons. The number of aromatic nitrogens is 2. The first kappa shape index (κ1) is 14.9. The molecule has 1 aromatic carbocycles. The van der Waals surface area contributed by atoms with Gasteiger partial charge in [0.2, 0.25) is 0 Å². The number of nitrogens with zero attached hydrogens (tertiary/aromatic N) is 3. The zero-order chi connectivity index (χ0) is 15.4. The Kier molecular flexibility index (Phi) is 4.47. The normalized spacial score (nSPS) is 10.6. The Bertz CT molecular complexity index is 662. The number of benzene rings is 1. The van der Waals surface area contributed by atoms with E-state index in [-0.39, 0.29) is 18.0 Å². The molecular formula is C15H17N3O3. The third-order valence-corrected chi connectivity index (χ3v) is 3.34. The monoisotopic (exact) mass is 287 g/mol. The van der Waals surface area contributed by atoms with Crippen molar-refractivity contribution in [3.05, 3.63) is 57.4 Å². The van der Waals surface area contributed by atoms with Crippen LogP contribution >= 0.6 is 0 Å². The molecule has 1 aromatic heterocycles. The largest absolute Gasteiger partial charge is 0.313 e. The highest BCUT2D eigenvalue weighted by atomic mass is 16.6. The minimum atomic E-state index is -0.409. The number of aryl methyl sites for hydroxylation is 1. The van der Waals surface area contributed by atoms with E-state index in [1.165, 1.54) is 4.68 Å². The van der Waals surface area contributed by atoms with Gasteiger partial charge in [-0.1, -0.05) is 44.2 Å². The summed E-state index contributed by atoms with van der Waals surface area (Å²) in [6.07, 6.45) is 0.932. The Morgan fingerprint density at radius 1 is 1.24 bits per heavy atom. The second-order valence-electron chi connectivity index (χ2n) is 4.65. The van der Waals surface area contributed by atoms with Crippen molar-refractivity contribution in [2.75, 3.05) is 0 Å². The van der Waals surface area contributed by atoms with Crippen molar-refractivity contribution >= 4 is 11.5 Å². The van der Waals surface area contributed by atoms with Crippen molar-refractivity contribution in [1.29, 1.82) is 0 Å². The maximum atomic E-state index is 12.2.